The van der Waals surface area contributed by atoms with Crippen LogP contribution in [-0.2, 0) is 29.3 Å². The highest BCUT2D eigenvalue weighted by Gasteiger charge is 2.46. The number of amides is 1. The fraction of sp³-hybridized carbons (Fsp3) is 0.490. The zero-order chi connectivity index (χ0) is 45.4. The van der Waals surface area contributed by atoms with E-state index in [4.69, 9.17) is 30.5 Å². The van der Waals surface area contributed by atoms with Crippen LogP contribution in [0.4, 0.5) is 4.79 Å². The molecular formula is C51H62ClN5O7. The minimum Gasteiger partial charge on any atom is -0.493 e. The molecule has 1 saturated carbocycles. The van der Waals surface area contributed by atoms with Gasteiger partial charge in [-0.25, -0.2) is 4.79 Å². The molecule has 4 aromatic rings. The second-order valence-electron chi connectivity index (χ2n) is 18.8. The number of ether oxygens (including phenoxy) is 4. The van der Waals surface area contributed by atoms with Crippen molar-refractivity contribution in [3.05, 3.63) is 105 Å². The first-order valence-electron chi connectivity index (χ1n) is 22.6. The van der Waals surface area contributed by atoms with Crippen LogP contribution in [-0.4, -0.2) is 82.4 Å². The van der Waals surface area contributed by atoms with Gasteiger partial charge in [0.15, 0.2) is 0 Å². The van der Waals surface area contributed by atoms with E-state index >= 15 is 0 Å². The standard InChI is InChI=1S/C51H62ClN5O7/c1-34-38(33-63-47-25-46(62-32-37-23-36(28-53)29-54-30-37)39(24-43(47)52)31-57-19-7-6-14-44(57)48(58)59)11-8-12-41(34)42-13-9-15-45(35(42)2)61-22-10-18-56-20-16-51(17-21-56)26-40(27-51)55-49(60)64-50(3,4)5/h8-9,11-13,15,23-25,29-30,40,44H,6-7,10,14,16-22,26-27,31-33H2,1-5H3,(H,55,60)(H,58,59)/t44-/m0/s1. The molecule has 2 N–H and O–H groups in total. The van der Waals surface area contributed by atoms with Crippen LogP contribution < -0.4 is 19.5 Å². The number of pyridine rings is 1. The number of carboxylic acid groups (broad SMARTS) is 1. The summed E-state index contributed by atoms with van der Waals surface area (Å²) in [6.07, 6.45) is 10.5. The topological polar surface area (TPSA) is 146 Å². The number of likely N-dealkylation sites (tertiary alicyclic amines) is 2. The minimum atomic E-state index is -0.835. The van der Waals surface area contributed by atoms with Gasteiger partial charge >= 0.3 is 12.1 Å². The fourth-order valence-corrected chi connectivity index (χ4v) is 9.69. The highest BCUT2D eigenvalue weighted by molar-refractivity contribution is 6.32. The third-order valence-corrected chi connectivity index (χ3v) is 13.3. The lowest BCUT2D eigenvalue weighted by Crippen LogP contribution is -2.55. The second-order valence-corrected chi connectivity index (χ2v) is 19.2. The van der Waals surface area contributed by atoms with Crippen LogP contribution in [0.2, 0.25) is 5.02 Å². The number of nitrogens with one attached hydrogen (secondary N) is 1. The van der Waals surface area contributed by atoms with Crippen molar-refractivity contribution in [2.24, 2.45) is 5.41 Å². The third-order valence-electron chi connectivity index (χ3n) is 13.0. The largest absolute Gasteiger partial charge is 0.493 e. The van der Waals surface area contributed by atoms with Gasteiger partial charge in [-0.3, -0.25) is 14.7 Å². The molecule has 340 valence electrons. The number of aliphatic carboxylic acids is 1. The zero-order valence-corrected chi connectivity index (χ0v) is 38.6. The Morgan fingerprint density at radius 3 is 2.38 bits per heavy atom. The highest BCUT2D eigenvalue weighted by Crippen LogP contribution is 2.49. The maximum absolute atomic E-state index is 12.2. The number of nitriles is 1. The van der Waals surface area contributed by atoms with Crippen LogP contribution in [0.1, 0.15) is 106 Å². The normalized spacial score (nSPS) is 17.9. The van der Waals surface area contributed by atoms with Gasteiger partial charge in [0.1, 0.15) is 48.2 Å². The summed E-state index contributed by atoms with van der Waals surface area (Å²) in [5, 5.41) is 22.8. The van der Waals surface area contributed by atoms with Crippen molar-refractivity contribution in [2.75, 3.05) is 32.8 Å². The van der Waals surface area contributed by atoms with Crippen molar-refractivity contribution in [2.45, 2.75) is 123 Å². The number of aromatic nitrogens is 1. The number of benzene rings is 3. The molecule has 1 atom stereocenters. The summed E-state index contributed by atoms with van der Waals surface area (Å²) < 4.78 is 24.6. The van der Waals surface area contributed by atoms with Crippen molar-refractivity contribution in [3.8, 4) is 34.4 Å². The molecule has 3 aliphatic rings. The number of carbonyl (C=O) groups excluding carboxylic acids is 1. The van der Waals surface area contributed by atoms with E-state index in [1.165, 1.54) is 6.20 Å². The molecule has 1 amide bonds. The van der Waals surface area contributed by atoms with Crippen molar-refractivity contribution in [3.63, 3.8) is 0 Å². The summed E-state index contributed by atoms with van der Waals surface area (Å²) >= 11 is 6.90. The van der Waals surface area contributed by atoms with E-state index < -0.39 is 17.6 Å². The summed E-state index contributed by atoms with van der Waals surface area (Å²) in [6, 6.07) is 19.5. The van der Waals surface area contributed by atoms with E-state index in [2.05, 4.69) is 53.3 Å². The molecule has 0 unspecified atom stereocenters. The SMILES string of the molecule is Cc1c(COc2cc(OCc3cncc(C#N)c3)c(CN3CCCC[C@H]3C(=O)O)cc2Cl)cccc1-c1cccc(OCCCN2CCC3(CC2)CC(NC(=O)OC(C)(C)C)C3)c1C. The molecular weight excluding hydrogens is 830 g/mol. The van der Waals surface area contributed by atoms with E-state index in [0.717, 1.165) is 109 Å². The number of alkyl carbamates (subject to hydrolysis) is 1. The lowest BCUT2D eigenvalue weighted by atomic mass is 9.60. The summed E-state index contributed by atoms with van der Waals surface area (Å²) in [5.41, 5.74) is 7.15. The first-order chi connectivity index (χ1) is 30.7. The van der Waals surface area contributed by atoms with E-state index in [1.807, 2.05) is 49.9 Å². The Morgan fingerprint density at radius 2 is 1.64 bits per heavy atom. The van der Waals surface area contributed by atoms with Crippen molar-refractivity contribution in [1.82, 2.24) is 20.1 Å². The maximum atomic E-state index is 12.2. The first kappa shape index (κ1) is 46.6. The van der Waals surface area contributed by atoms with Gasteiger partial charge in [0.2, 0.25) is 0 Å². The molecule has 0 radical (unpaired) electrons. The Balaban J connectivity index is 0.953. The van der Waals surface area contributed by atoms with Crippen molar-refractivity contribution in [1.29, 1.82) is 5.26 Å². The summed E-state index contributed by atoms with van der Waals surface area (Å²) in [7, 11) is 0. The van der Waals surface area contributed by atoms with Crippen LogP contribution in [0.5, 0.6) is 17.2 Å². The molecule has 7 rings (SSSR count). The van der Waals surface area contributed by atoms with Gasteiger partial charge in [0, 0.05) is 48.7 Å². The molecule has 2 saturated heterocycles. The summed E-state index contributed by atoms with van der Waals surface area (Å²) in [4.78, 5) is 33.0. The van der Waals surface area contributed by atoms with Gasteiger partial charge in [0.05, 0.1) is 17.2 Å². The quantitative estimate of drug-likeness (QED) is 0.104. The molecule has 0 bridgehead atoms. The van der Waals surface area contributed by atoms with E-state index in [9.17, 15) is 20.0 Å². The Labute approximate surface area is 382 Å². The smallest absolute Gasteiger partial charge is 0.407 e. The van der Waals surface area contributed by atoms with Gasteiger partial charge in [-0.05, 0) is 151 Å². The predicted octanol–water partition coefficient (Wildman–Crippen LogP) is 10.0. The van der Waals surface area contributed by atoms with Crippen LogP contribution in [0.25, 0.3) is 11.1 Å². The first-order valence-corrected chi connectivity index (χ1v) is 23.0. The maximum Gasteiger partial charge on any atom is 0.407 e. The van der Waals surface area contributed by atoms with Crippen LogP contribution in [0, 0.1) is 30.6 Å². The number of carbonyl (C=O) groups is 2. The minimum absolute atomic E-state index is 0.154. The highest BCUT2D eigenvalue weighted by atomic mass is 35.5. The van der Waals surface area contributed by atoms with Gasteiger partial charge in [-0.15, -0.1) is 0 Å². The Hall–Kier alpha value is -5.35. The molecule has 64 heavy (non-hydrogen) atoms. The number of rotatable bonds is 16. The summed E-state index contributed by atoms with van der Waals surface area (Å²) in [6.45, 7) is 15.1. The van der Waals surface area contributed by atoms with E-state index in [1.54, 1.807) is 18.3 Å². The lowest BCUT2D eigenvalue weighted by molar-refractivity contribution is -0.144. The Morgan fingerprint density at radius 1 is 0.906 bits per heavy atom. The molecule has 1 aromatic heterocycles. The van der Waals surface area contributed by atoms with Crippen LogP contribution in [0.3, 0.4) is 0 Å². The molecule has 12 nitrogen and oxygen atoms in total. The molecule has 3 aromatic carbocycles. The van der Waals surface area contributed by atoms with Gasteiger partial charge in [-0.2, -0.15) is 5.26 Å². The van der Waals surface area contributed by atoms with E-state index in [0.29, 0.717) is 53.6 Å². The van der Waals surface area contributed by atoms with Gasteiger partial charge in [0.25, 0.3) is 0 Å². The zero-order valence-electron chi connectivity index (χ0n) is 37.9. The number of halogens is 1. The molecule has 2 aliphatic heterocycles. The number of piperidine rings is 2. The number of nitrogens with zero attached hydrogens (tertiary/aromatic N) is 4. The second kappa shape index (κ2) is 20.7. The Bertz CT molecular complexity index is 2330. The molecule has 1 aliphatic carbocycles. The van der Waals surface area contributed by atoms with Crippen molar-refractivity contribution >= 4 is 23.7 Å². The molecule has 3 heterocycles. The lowest BCUT2D eigenvalue weighted by Gasteiger charge is -2.52. The molecule has 3 fully saturated rings. The summed E-state index contributed by atoms with van der Waals surface area (Å²) in [5.74, 6) is 1.01. The van der Waals surface area contributed by atoms with E-state index in [-0.39, 0.29) is 25.3 Å². The predicted molar refractivity (Wildman–Crippen MR) is 247 cm³/mol. The van der Waals surface area contributed by atoms with Crippen molar-refractivity contribution < 1.29 is 33.6 Å². The van der Waals surface area contributed by atoms with Crippen LogP contribution >= 0.6 is 11.6 Å². The molecule has 13 heteroatoms. The van der Waals surface area contributed by atoms with Gasteiger partial charge in [-0.1, -0.05) is 48.4 Å². The molecule has 1 spiro atoms. The number of hydrogen-bond acceptors (Lipinski definition) is 10. The number of carboxylic acids is 1. The monoisotopic (exact) mass is 891 g/mol. The van der Waals surface area contributed by atoms with Gasteiger partial charge < -0.3 is 34.3 Å². The fourth-order valence-electron chi connectivity index (χ4n) is 9.45. The average molecular weight is 893 g/mol. The average Bonchev–Trinajstić information content (AvgIpc) is 3.25. The Kier molecular flexibility index (Phi) is 15.0. The third kappa shape index (κ3) is 11.9. The van der Waals surface area contributed by atoms with Crippen LogP contribution in [0.15, 0.2) is 67.0 Å². The number of hydrogen-bond donors (Lipinski definition) is 2.